The Morgan fingerprint density at radius 3 is 2.76 bits per heavy atom. The van der Waals surface area contributed by atoms with Crippen molar-refractivity contribution in [2.45, 2.75) is 52.4 Å². The molecule has 0 spiro atoms. The van der Waals surface area contributed by atoms with Crippen LogP contribution in [0, 0.1) is 25.2 Å². The van der Waals surface area contributed by atoms with Crippen LogP contribution in [0.2, 0.25) is 0 Å². The van der Waals surface area contributed by atoms with Crippen LogP contribution in [0.4, 0.5) is 0 Å². The molecule has 1 amide bonds. The normalized spacial score (nSPS) is 16.0. The van der Waals surface area contributed by atoms with E-state index in [4.69, 9.17) is 4.74 Å². The number of rotatable bonds is 8. The topological polar surface area (TPSA) is 84.9 Å². The zero-order valence-electron chi connectivity index (χ0n) is 19.1. The van der Waals surface area contributed by atoms with E-state index in [0.717, 1.165) is 54.1 Å². The Labute approximate surface area is 194 Å². The van der Waals surface area contributed by atoms with Gasteiger partial charge >= 0.3 is 0 Å². The van der Waals surface area contributed by atoms with Crippen LogP contribution in [-0.2, 0) is 29.2 Å². The van der Waals surface area contributed by atoms with Crippen molar-refractivity contribution in [3.8, 4) is 6.07 Å². The number of carbonyl (C=O) groups excluding carboxylic acids is 1. The number of aromatic nitrogens is 3. The van der Waals surface area contributed by atoms with Crippen LogP contribution in [0.3, 0.4) is 0 Å². The second-order valence-corrected chi connectivity index (χ2v) is 8.44. The average Bonchev–Trinajstić information content (AvgIpc) is 3.57. The van der Waals surface area contributed by atoms with Gasteiger partial charge in [0.1, 0.15) is 11.6 Å². The lowest BCUT2D eigenvalue weighted by atomic mass is 10.1. The van der Waals surface area contributed by atoms with Gasteiger partial charge in [-0.25, -0.2) is 0 Å². The fourth-order valence-corrected chi connectivity index (χ4v) is 4.17. The summed E-state index contributed by atoms with van der Waals surface area (Å²) in [5.41, 5.74) is 5.23. The smallest absolute Gasteiger partial charge is 0.262 e. The Morgan fingerprint density at radius 2 is 2.09 bits per heavy atom. The van der Waals surface area contributed by atoms with Crippen LogP contribution in [0.25, 0.3) is 6.08 Å². The van der Waals surface area contributed by atoms with Crippen molar-refractivity contribution in [1.82, 2.24) is 19.7 Å². The Hall–Kier alpha value is -3.63. The van der Waals surface area contributed by atoms with Gasteiger partial charge in [0.25, 0.3) is 5.91 Å². The number of aryl methyl sites for hydroxylation is 1. The first-order chi connectivity index (χ1) is 16.0. The van der Waals surface area contributed by atoms with Crippen molar-refractivity contribution < 1.29 is 9.53 Å². The number of ether oxygens (including phenoxy) is 1. The highest BCUT2D eigenvalue weighted by atomic mass is 16.5. The molecule has 7 nitrogen and oxygen atoms in total. The summed E-state index contributed by atoms with van der Waals surface area (Å²) >= 11 is 0. The molecular weight excluding hydrogens is 414 g/mol. The van der Waals surface area contributed by atoms with Crippen molar-refractivity contribution in [3.63, 3.8) is 0 Å². The van der Waals surface area contributed by atoms with Gasteiger partial charge in [-0.3, -0.25) is 9.48 Å². The minimum atomic E-state index is -0.373. The van der Waals surface area contributed by atoms with Crippen LogP contribution < -0.4 is 5.32 Å². The van der Waals surface area contributed by atoms with Crippen molar-refractivity contribution in [1.29, 1.82) is 5.26 Å². The highest BCUT2D eigenvalue weighted by Gasteiger charge is 2.19. The molecule has 3 heterocycles. The highest BCUT2D eigenvalue weighted by Crippen LogP contribution is 2.22. The zero-order chi connectivity index (χ0) is 23.2. The average molecular weight is 444 g/mol. The molecule has 0 unspecified atom stereocenters. The number of carbonyl (C=O) groups is 1. The number of nitrogens with one attached hydrogen (secondary N) is 1. The van der Waals surface area contributed by atoms with Gasteiger partial charge in [-0.2, -0.15) is 10.4 Å². The standard InChI is InChI=1S/C26H29N5O2/c1-19-13-23(20(2)31(19)18-25-5-3-12-33-25)14-24(15-27)26(32)28-16-21-6-8-22(9-7-21)17-30-11-4-10-29-30/h4,6-11,13-14,25H,3,5,12,16-18H2,1-2H3,(H,28,32)/b24-14+/t25-/m1/s1. The van der Waals surface area contributed by atoms with Gasteiger partial charge in [0.2, 0.25) is 0 Å². The molecule has 0 aliphatic carbocycles. The highest BCUT2D eigenvalue weighted by molar-refractivity contribution is 6.01. The van der Waals surface area contributed by atoms with Gasteiger partial charge in [0.15, 0.2) is 0 Å². The molecule has 3 aromatic rings. The second kappa shape index (κ2) is 10.3. The van der Waals surface area contributed by atoms with Gasteiger partial charge in [0, 0.05) is 43.5 Å². The van der Waals surface area contributed by atoms with Crippen molar-refractivity contribution in [3.05, 3.63) is 82.4 Å². The third-order valence-electron chi connectivity index (χ3n) is 6.07. The summed E-state index contributed by atoms with van der Waals surface area (Å²) in [6, 6.07) is 14.0. The summed E-state index contributed by atoms with van der Waals surface area (Å²) in [6.07, 6.45) is 7.75. The zero-order valence-corrected chi connectivity index (χ0v) is 19.1. The number of amides is 1. The van der Waals surface area contributed by atoms with Gasteiger partial charge in [0.05, 0.1) is 12.6 Å². The van der Waals surface area contributed by atoms with E-state index in [-0.39, 0.29) is 17.6 Å². The molecule has 0 radical (unpaired) electrons. The quantitative estimate of drug-likeness (QED) is 0.424. The molecule has 170 valence electrons. The van der Waals surface area contributed by atoms with Crippen LogP contribution >= 0.6 is 0 Å². The van der Waals surface area contributed by atoms with Crippen LogP contribution in [-0.4, -0.2) is 33.0 Å². The minimum Gasteiger partial charge on any atom is -0.376 e. The lowest BCUT2D eigenvalue weighted by Gasteiger charge is -2.14. The Morgan fingerprint density at radius 1 is 1.30 bits per heavy atom. The fraction of sp³-hybridized carbons (Fsp3) is 0.346. The van der Waals surface area contributed by atoms with Gasteiger partial charge in [-0.15, -0.1) is 0 Å². The molecule has 2 aromatic heterocycles. The molecule has 1 fully saturated rings. The molecule has 1 atom stereocenters. The summed E-state index contributed by atoms with van der Waals surface area (Å²) in [4.78, 5) is 12.7. The number of hydrogen-bond acceptors (Lipinski definition) is 4. The minimum absolute atomic E-state index is 0.0997. The Kier molecular flexibility index (Phi) is 7.06. The molecule has 4 rings (SSSR count). The summed E-state index contributed by atoms with van der Waals surface area (Å²) in [5.74, 6) is -0.373. The van der Waals surface area contributed by atoms with E-state index in [0.29, 0.717) is 13.1 Å². The molecule has 1 saturated heterocycles. The number of nitrogens with zero attached hydrogens (tertiary/aromatic N) is 4. The van der Waals surface area contributed by atoms with E-state index in [2.05, 4.69) is 21.1 Å². The molecule has 7 heteroatoms. The molecule has 1 aliphatic heterocycles. The largest absolute Gasteiger partial charge is 0.376 e. The van der Waals surface area contributed by atoms with E-state index < -0.39 is 0 Å². The predicted octanol–water partition coefficient (Wildman–Crippen LogP) is 3.75. The van der Waals surface area contributed by atoms with Gasteiger partial charge < -0.3 is 14.6 Å². The number of nitriles is 1. The predicted molar refractivity (Wildman–Crippen MR) is 126 cm³/mol. The van der Waals surface area contributed by atoms with E-state index in [1.54, 1.807) is 12.3 Å². The molecule has 0 saturated carbocycles. The summed E-state index contributed by atoms with van der Waals surface area (Å²) in [6.45, 7) is 6.75. The SMILES string of the molecule is Cc1cc(/C=C(\C#N)C(=O)NCc2ccc(Cn3cccn3)cc2)c(C)n1C[C@H]1CCCO1. The molecule has 1 N–H and O–H groups in total. The van der Waals surface area contributed by atoms with E-state index in [9.17, 15) is 10.1 Å². The molecule has 1 aliphatic rings. The van der Waals surface area contributed by atoms with Crippen molar-refractivity contribution in [2.75, 3.05) is 6.61 Å². The maximum atomic E-state index is 12.7. The Balaban J connectivity index is 1.38. The molecule has 1 aromatic carbocycles. The first-order valence-electron chi connectivity index (χ1n) is 11.3. The van der Waals surface area contributed by atoms with Gasteiger partial charge in [-0.1, -0.05) is 24.3 Å². The van der Waals surface area contributed by atoms with Crippen LogP contribution in [0.1, 0.15) is 40.9 Å². The van der Waals surface area contributed by atoms with Crippen LogP contribution in [0.15, 0.2) is 54.4 Å². The maximum Gasteiger partial charge on any atom is 0.262 e. The van der Waals surface area contributed by atoms with Crippen molar-refractivity contribution in [2.24, 2.45) is 0 Å². The Bertz CT molecular complexity index is 1160. The summed E-state index contributed by atoms with van der Waals surface area (Å²) < 4.78 is 9.83. The third-order valence-corrected chi connectivity index (χ3v) is 6.07. The molecule has 0 bridgehead atoms. The summed E-state index contributed by atoms with van der Waals surface area (Å²) in [5, 5.41) is 16.7. The van der Waals surface area contributed by atoms with Gasteiger partial charge in [-0.05, 0) is 61.6 Å². The second-order valence-electron chi connectivity index (χ2n) is 8.44. The molecular formula is C26H29N5O2. The van der Waals surface area contributed by atoms with Crippen molar-refractivity contribution >= 4 is 12.0 Å². The maximum absolute atomic E-state index is 12.7. The van der Waals surface area contributed by atoms with E-state index >= 15 is 0 Å². The monoisotopic (exact) mass is 443 g/mol. The van der Waals surface area contributed by atoms with E-state index in [1.807, 2.05) is 61.1 Å². The number of benzene rings is 1. The van der Waals surface area contributed by atoms with E-state index in [1.165, 1.54) is 0 Å². The lowest BCUT2D eigenvalue weighted by molar-refractivity contribution is -0.117. The number of hydrogen-bond donors (Lipinski definition) is 1. The lowest BCUT2D eigenvalue weighted by Crippen LogP contribution is -2.24. The fourth-order valence-electron chi connectivity index (χ4n) is 4.17. The molecule has 33 heavy (non-hydrogen) atoms. The first-order valence-corrected chi connectivity index (χ1v) is 11.3. The summed E-state index contributed by atoms with van der Waals surface area (Å²) in [7, 11) is 0. The first kappa shape index (κ1) is 22.6. The van der Waals surface area contributed by atoms with Crippen LogP contribution in [0.5, 0.6) is 0 Å². The third kappa shape index (κ3) is 5.60.